The molecule has 0 bridgehead atoms. The zero-order valence-corrected chi connectivity index (χ0v) is 14.4. The summed E-state index contributed by atoms with van der Waals surface area (Å²) in [5.74, 6) is 0.544. The fourth-order valence-electron chi connectivity index (χ4n) is 1.88. The van der Waals surface area contributed by atoms with Gasteiger partial charge in [0.05, 0.1) is 6.10 Å². The van der Waals surface area contributed by atoms with E-state index in [1.54, 1.807) is 6.08 Å². The molecule has 0 aromatic rings. The number of carbonyl (C=O) groups is 1. The van der Waals surface area contributed by atoms with Gasteiger partial charge in [0.25, 0.3) is 0 Å². The molecule has 0 heterocycles. The lowest BCUT2D eigenvalue weighted by molar-refractivity contribution is -0.112. The fraction of sp³-hybridized carbons (Fsp3) is 0.688. The molecule has 1 rings (SSSR count). The maximum Gasteiger partial charge on any atom is 0.192 e. The zero-order valence-electron chi connectivity index (χ0n) is 13.4. The first kappa shape index (κ1) is 16.4. The first-order valence-electron chi connectivity index (χ1n) is 7.14. The summed E-state index contributed by atoms with van der Waals surface area (Å²) in [4.78, 5) is 11.8. The Morgan fingerprint density at radius 2 is 1.95 bits per heavy atom. The lowest BCUT2D eigenvalue weighted by atomic mass is 9.95. The molecule has 0 spiro atoms. The summed E-state index contributed by atoms with van der Waals surface area (Å²) in [6.07, 6.45) is 6.45. The third-order valence-electron chi connectivity index (χ3n) is 3.99. The van der Waals surface area contributed by atoms with Crippen molar-refractivity contribution in [2.45, 2.75) is 65.3 Å². The predicted octanol–water partition coefficient (Wildman–Crippen LogP) is 4.49. The van der Waals surface area contributed by atoms with Crippen LogP contribution in [-0.4, -0.2) is 20.2 Å². The van der Waals surface area contributed by atoms with Crippen molar-refractivity contribution in [3.05, 3.63) is 23.8 Å². The summed E-state index contributed by atoms with van der Waals surface area (Å²) in [6, 6.07) is 0. The molecule has 0 saturated heterocycles. The third kappa shape index (κ3) is 4.43. The second kappa shape index (κ2) is 5.76. The van der Waals surface area contributed by atoms with Gasteiger partial charge >= 0.3 is 0 Å². The SMILES string of the molecule is CC(C)/C=C1\C[C@H](O[Si](C)(C)C(C)(C)C)C=CC1=O. The Morgan fingerprint density at radius 1 is 1.37 bits per heavy atom. The molecule has 0 fully saturated rings. The van der Waals surface area contributed by atoms with Crippen LogP contribution in [0, 0.1) is 5.92 Å². The van der Waals surface area contributed by atoms with Gasteiger partial charge in [0.15, 0.2) is 14.1 Å². The molecule has 0 radical (unpaired) electrons. The van der Waals surface area contributed by atoms with E-state index in [1.165, 1.54) is 0 Å². The summed E-state index contributed by atoms with van der Waals surface area (Å²) in [5, 5.41) is 0.199. The van der Waals surface area contributed by atoms with Crippen LogP contribution in [-0.2, 0) is 9.22 Å². The Kier molecular flexibility index (Phi) is 4.96. The van der Waals surface area contributed by atoms with Gasteiger partial charge in [-0.15, -0.1) is 0 Å². The Morgan fingerprint density at radius 3 is 2.42 bits per heavy atom. The van der Waals surface area contributed by atoms with Crippen molar-refractivity contribution in [2.24, 2.45) is 5.92 Å². The van der Waals surface area contributed by atoms with Crippen LogP contribution in [0.2, 0.25) is 18.1 Å². The van der Waals surface area contributed by atoms with Crippen molar-refractivity contribution >= 4 is 14.1 Å². The summed E-state index contributed by atoms with van der Waals surface area (Å²) < 4.78 is 6.36. The van der Waals surface area contributed by atoms with E-state index in [0.717, 1.165) is 12.0 Å². The van der Waals surface area contributed by atoms with Crippen LogP contribution < -0.4 is 0 Å². The Labute approximate surface area is 119 Å². The number of carbonyl (C=O) groups excluding carboxylic acids is 1. The van der Waals surface area contributed by atoms with Crippen molar-refractivity contribution < 1.29 is 9.22 Å². The maximum absolute atomic E-state index is 11.8. The largest absolute Gasteiger partial charge is 0.410 e. The van der Waals surface area contributed by atoms with Crippen molar-refractivity contribution in [3.63, 3.8) is 0 Å². The van der Waals surface area contributed by atoms with Crippen molar-refractivity contribution in [1.82, 2.24) is 0 Å². The fourth-order valence-corrected chi connectivity index (χ4v) is 3.15. The highest BCUT2D eigenvalue weighted by atomic mass is 28.4. The van der Waals surface area contributed by atoms with Crippen LogP contribution in [0.1, 0.15) is 41.0 Å². The monoisotopic (exact) mass is 280 g/mol. The molecule has 19 heavy (non-hydrogen) atoms. The van der Waals surface area contributed by atoms with Crippen molar-refractivity contribution in [2.75, 3.05) is 0 Å². The number of ketones is 1. The van der Waals surface area contributed by atoms with Gasteiger partial charge in [-0.25, -0.2) is 0 Å². The Hall–Kier alpha value is -0.673. The molecular formula is C16H28O2Si. The van der Waals surface area contributed by atoms with Crippen LogP contribution >= 0.6 is 0 Å². The second-order valence-electron chi connectivity index (χ2n) is 7.28. The third-order valence-corrected chi connectivity index (χ3v) is 8.49. The highest BCUT2D eigenvalue weighted by Gasteiger charge is 2.39. The minimum Gasteiger partial charge on any atom is -0.410 e. The van der Waals surface area contributed by atoms with E-state index >= 15 is 0 Å². The highest BCUT2D eigenvalue weighted by molar-refractivity contribution is 6.74. The maximum atomic E-state index is 11.8. The van der Waals surface area contributed by atoms with Crippen LogP contribution in [0.15, 0.2) is 23.8 Å². The topological polar surface area (TPSA) is 26.3 Å². The Bertz CT molecular complexity index is 397. The molecule has 108 valence electrons. The van der Waals surface area contributed by atoms with Crippen LogP contribution in [0.4, 0.5) is 0 Å². The molecule has 0 amide bonds. The van der Waals surface area contributed by atoms with Gasteiger partial charge in [-0.3, -0.25) is 4.79 Å². The molecule has 0 aliphatic heterocycles. The van der Waals surface area contributed by atoms with Gasteiger partial charge < -0.3 is 4.43 Å². The molecule has 2 nitrogen and oxygen atoms in total. The zero-order chi connectivity index (χ0) is 14.8. The van der Waals surface area contributed by atoms with E-state index in [9.17, 15) is 4.79 Å². The lowest BCUT2D eigenvalue weighted by Crippen LogP contribution is -2.44. The summed E-state index contributed by atoms with van der Waals surface area (Å²) >= 11 is 0. The Balaban J connectivity index is 2.83. The first-order valence-corrected chi connectivity index (χ1v) is 10.0. The molecular weight excluding hydrogens is 252 g/mol. The van der Waals surface area contributed by atoms with Gasteiger partial charge in [0, 0.05) is 6.42 Å². The number of hydrogen-bond acceptors (Lipinski definition) is 2. The van der Waals surface area contributed by atoms with Crippen LogP contribution in [0.25, 0.3) is 0 Å². The minimum atomic E-state index is -1.77. The average Bonchev–Trinajstić information content (AvgIpc) is 2.20. The standard InChI is InChI=1S/C16H28O2Si/c1-12(2)10-13-11-14(8-9-15(13)17)18-19(6,7)16(3,4)5/h8-10,12,14H,11H2,1-7H3/b13-10+/t14-/m1/s1. The summed E-state index contributed by atoms with van der Waals surface area (Å²) in [6.45, 7) is 15.4. The first-order chi connectivity index (χ1) is 8.53. The molecule has 0 aromatic heterocycles. The molecule has 0 unspecified atom stereocenters. The predicted molar refractivity (Wildman–Crippen MR) is 83.8 cm³/mol. The van der Waals surface area contributed by atoms with E-state index in [0.29, 0.717) is 5.92 Å². The van der Waals surface area contributed by atoms with Crippen LogP contribution in [0.3, 0.4) is 0 Å². The van der Waals surface area contributed by atoms with E-state index < -0.39 is 8.32 Å². The van der Waals surface area contributed by atoms with E-state index in [1.807, 2.05) is 6.08 Å². The van der Waals surface area contributed by atoms with Gasteiger partial charge in [-0.1, -0.05) is 46.8 Å². The van der Waals surface area contributed by atoms with Gasteiger partial charge in [0.1, 0.15) is 0 Å². The molecule has 3 heteroatoms. The molecule has 1 aliphatic carbocycles. The quantitative estimate of drug-likeness (QED) is 0.562. The van der Waals surface area contributed by atoms with Crippen molar-refractivity contribution in [3.8, 4) is 0 Å². The van der Waals surface area contributed by atoms with Gasteiger partial charge in [-0.05, 0) is 35.7 Å². The average molecular weight is 280 g/mol. The van der Waals surface area contributed by atoms with Crippen molar-refractivity contribution in [1.29, 1.82) is 0 Å². The highest BCUT2D eigenvalue weighted by Crippen LogP contribution is 2.38. The summed E-state index contributed by atoms with van der Waals surface area (Å²) in [5.41, 5.74) is 0.904. The number of allylic oxidation sites excluding steroid dienone is 2. The van der Waals surface area contributed by atoms with Gasteiger partial charge in [-0.2, -0.15) is 0 Å². The smallest absolute Gasteiger partial charge is 0.192 e. The van der Waals surface area contributed by atoms with Gasteiger partial charge in [0.2, 0.25) is 0 Å². The molecule has 0 N–H and O–H groups in total. The number of rotatable bonds is 3. The molecule has 1 atom stereocenters. The molecule has 1 aliphatic rings. The molecule has 0 saturated carbocycles. The number of hydrogen-bond donors (Lipinski definition) is 0. The van der Waals surface area contributed by atoms with E-state index in [2.05, 4.69) is 53.8 Å². The molecule has 0 aromatic carbocycles. The summed E-state index contributed by atoms with van der Waals surface area (Å²) in [7, 11) is -1.77. The van der Waals surface area contributed by atoms with E-state index in [-0.39, 0.29) is 16.9 Å². The second-order valence-corrected chi connectivity index (χ2v) is 12.0. The van der Waals surface area contributed by atoms with E-state index in [4.69, 9.17) is 4.43 Å². The normalized spacial score (nSPS) is 23.5. The lowest BCUT2D eigenvalue weighted by Gasteiger charge is -2.39. The van der Waals surface area contributed by atoms with Crippen LogP contribution in [0.5, 0.6) is 0 Å². The minimum absolute atomic E-state index is 0.0589.